The fourth-order valence-electron chi connectivity index (χ4n) is 2.20. The zero-order chi connectivity index (χ0) is 13.8. The molecule has 0 bridgehead atoms. The lowest BCUT2D eigenvalue weighted by atomic mass is 10.2. The molecule has 1 aliphatic heterocycles. The van der Waals surface area contributed by atoms with Crippen LogP contribution in [0, 0.1) is 0 Å². The summed E-state index contributed by atoms with van der Waals surface area (Å²) in [4.78, 5) is 29.6. The van der Waals surface area contributed by atoms with Crippen molar-refractivity contribution in [1.29, 1.82) is 0 Å². The van der Waals surface area contributed by atoms with Gasteiger partial charge >= 0.3 is 5.97 Å². The van der Waals surface area contributed by atoms with Crippen LogP contribution in [-0.4, -0.2) is 41.0 Å². The predicted molar refractivity (Wildman–Crippen MR) is 69.9 cm³/mol. The van der Waals surface area contributed by atoms with Crippen molar-refractivity contribution in [1.82, 2.24) is 9.88 Å². The van der Waals surface area contributed by atoms with Gasteiger partial charge in [0.25, 0.3) is 5.91 Å². The van der Waals surface area contributed by atoms with Gasteiger partial charge in [-0.05, 0) is 25.8 Å². The lowest BCUT2D eigenvalue weighted by Crippen LogP contribution is -2.41. The molecule has 102 valence electrons. The molecule has 1 aromatic rings. The SMILES string of the molecule is CCOC(=O)C1CCCN1C(=O)c1ccncc1Cl. The minimum absolute atomic E-state index is 0.247. The van der Waals surface area contributed by atoms with Gasteiger partial charge in [0.1, 0.15) is 6.04 Å². The number of likely N-dealkylation sites (tertiary alicyclic amines) is 1. The molecule has 1 fully saturated rings. The molecule has 1 unspecified atom stereocenters. The summed E-state index contributed by atoms with van der Waals surface area (Å²) in [6, 6.07) is 1.06. The van der Waals surface area contributed by atoms with E-state index in [0.717, 1.165) is 6.42 Å². The number of carbonyl (C=O) groups is 2. The highest BCUT2D eigenvalue weighted by atomic mass is 35.5. The molecular formula is C13H15ClN2O3. The molecule has 2 rings (SSSR count). The Kier molecular flexibility index (Phi) is 4.37. The normalized spacial score (nSPS) is 18.4. The Morgan fingerprint density at radius 3 is 3.05 bits per heavy atom. The molecule has 5 nitrogen and oxygen atoms in total. The van der Waals surface area contributed by atoms with E-state index in [9.17, 15) is 9.59 Å². The first-order chi connectivity index (χ1) is 9.15. The standard InChI is InChI=1S/C13H15ClN2O3/c1-2-19-13(18)11-4-3-7-16(11)12(17)9-5-6-15-8-10(9)14/h5-6,8,11H,2-4,7H2,1H3. The van der Waals surface area contributed by atoms with Gasteiger partial charge in [0.15, 0.2) is 0 Å². The summed E-state index contributed by atoms with van der Waals surface area (Å²) in [5.41, 5.74) is 0.368. The molecule has 0 N–H and O–H groups in total. The summed E-state index contributed by atoms with van der Waals surface area (Å²) >= 11 is 5.96. The second-order valence-electron chi connectivity index (χ2n) is 4.26. The average Bonchev–Trinajstić information content (AvgIpc) is 2.88. The van der Waals surface area contributed by atoms with Crippen LogP contribution in [0.15, 0.2) is 18.5 Å². The number of hydrogen-bond acceptors (Lipinski definition) is 4. The largest absolute Gasteiger partial charge is 0.464 e. The number of esters is 1. The van der Waals surface area contributed by atoms with Crippen molar-refractivity contribution < 1.29 is 14.3 Å². The fourth-order valence-corrected chi connectivity index (χ4v) is 2.40. The lowest BCUT2D eigenvalue weighted by Gasteiger charge is -2.23. The molecule has 1 saturated heterocycles. The van der Waals surface area contributed by atoms with Gasteiger partial charge in [0.2, 0.25) is 0 Å². The smallest absolute Gasteiger partial charge is 0.328 e. The molecule has 1 aromatic heterocycles. The van der Waals surface area contributed by atoms with Crippen molar-refractivity contribution >= 4 is 23.5 Å². The number of nitrogens with zero attached hydrogens (tertiary/aromatic N) is 2. The maximum Gasteiger partial charge on any atom is 0.328 e. The van der Waals surface area contributed by atoms with Crippen LogP contribution in [0.1, 0.15) is 30.1 Å². The van der Waals surface area contributed by atoms with Gasteiger partial charge in [0, 0.05) is 18.9 Å². The summed E-state index contributed by atoms with van der Waals surface area (Å²) in [6.07, 6.45) is 4.35. The second-order valence-corrected chi connectivity index (χ2v) is 4.67. The minimum atomic E-state index is -0.503. The summed E-state index contributed by atoms with van der Waals surface area (Å²) in [7, 11) is 0. The first kappa shape index (κ1) is 13.8. The number of amides is 1. The first-order valence-electron chi connectivity index (χ1n) is 6.22. The Bertz CT molecular complexity index is 493. The molecule has 1 aliphatic rings. The highest BCUT2D eigenvalue weighted by Crippen LogP contribution is 2.24. The molecule has 0 saturated carbocycles. The fraction of sp³-hybridized carbons (Fsp3) is 0.462. The van der Waals surface area contributed by atoms with Crippen molar-refractivity contribution in [2.24, 2.45) is 0 Å². The highest BCUT2D eigenvalue weighted by molar-refractivity contribution is 6.33. The number of carbonyl (C=O) groups excluding carboxylic acids is 2. The third kappa shape index (κ3) is 2.87. The van der Waals surface area contributed by atoms with Crippen LogP contribution >= 0.6 is 11.6 Å². The summed E-state index contributed by atoms with van der Waals surface area (Å²) in [5, 5.41) is 0.294. The van der Waals surface area contributed by atoms with Crippen molar-refractivity contribution in [3.05, 3.63) is 29.0 Å². The van der Waals surface area contributed by atoms with E-state index in [1.807, 2.05) is 0 Å². The third-order valence-corrected chi connectivity index (χ3v) is 3.38. The predicted octanol–water partition coefficient (Wildman–Crippen LogP) is 1.90. The molecule has 1 amide bonds. The number of pyridine rings is 1. The molecule has 0 aromatic carbocycles. The van der Waals surface area contributed by atoms with Crippen LogP contribution in [-0.2, 0) is 9.53 Å². The van der Waals surface area contributed by atoms with Crippen LogP contribution in [0.4, 0.5) is 0 Å². The molecule has 1 atom stereocenters. The van der Waals surface area contributed by atoms with Gasteiger partial charge in [-0.3, -0.25) is 9.78 Å². The van der Waals surface area contributed by atoms with Crippen LogP contribution in [0.25, 0.3) is 0 Å². The van der Waals surface area contributed by atoms with Crippen molar-refractivity contribution in [2.45, 2.75) is 25.8 Å². The molecule has 0 spiro atoms. The summed E-state index contributed by atoms with van der Waals surface area (Å²) in [5.74, 6) is -0.596. The van der Waals surface area contributed by atoms with Crippen molar-refractivity contribution in [2.75, 3.05) is 13.2 Å². The van der Waals surface area contributed by atoms with Gasteiger partial charge in [-0.1, -0.05) is 11.6 Å². The van der Waals surface area contributed by atoms with E-state index < -0.39 is 6.04 Å². The molecular weight excluding hydrogens is 268 g/mol. The van der Waals surface area contributed by atoms with E-state index in [0.29, 0.717) is 30.2 Å². The van der Waals surface area contributed by atoms with Crippen molar-refractivity contribution in [3.63, 3.8) is 0 Å². The number of aromatic nitrogens is 1. The number of halogens is 1. The molecule has 0 aliphatic carbocycles. The average molecular weight is 283 g/mol. The van der Waals surface area contributed by atoms with E-state index in [-0.39, 0.29) is 11.9 Å². The maximum atomic E-state index is 12.4. The van der Waals surface area contributed by atoms with Crippen molar-refractivity contribution in [3.8, 4) is 0 Å². The Balaban J connectivity index is 2.19. The molecule has 19 heavy (non-hydrogen) atoms. The quantitative estimate of drug-likeness (QED) is 0.795. The Morgan fingerprint density at radius 1 is 1.58 bits per heavy atom. The summed E-state index contributed by atoms with van der Waals surface area (Å²) < 4.78 is 4.99. The monoisotopic (exact) mass is 282 g/mol. The zero-order valence-electron chi connectivity index (χ0n) is 10.6. The van der Waals surface area contributed by atoms with Gasteiger partial charge in [-0.2, -0.15) is 0 Å². The van der Waals surface area contributed by atoms with E-state index in [2.05, 4.69) is 4.98 Å². The first-order valence-corrected chi connectivity index (χ1v) is 6.60. The molecule has 6 heteroatoms. The minimum Gasteiger partial charge on any atom is -0.464 e. The number of hydrogen-bond donors (Lipinski definition) is 0. The zero-order valence-corrected chi connectivity index (χ0v) is 11.4. The third-order valence-electron chi connectivity index (χ3n) is 3.08. The van der Waals surface area contributed by atoms with Crippen LogP contribution in [0.3, 0.4) is 0 Å². The number of rotatable bonds is 3. The second kappa shape index (κ2) is 6.02. The van der Waals surface area contributed by atoms with Gasteiger partial charge in [-0.15, -0.1) is 0 Å². The highest BCUT2D eigenvalue weighted by Gasteiger charge is 2.36. The van der Waals surface area contributed by atoms with E-state index in [1.165, 1.54) is 17.3 Å². The Morgan fingerprint density at radius 2 is 2.37 bits per heavy atom. The number of ether oxygens (including phenoxy) is 1. The van der Waals surface area contributed by atoms with Gasteiger partial charge < -0.3 is 9.64 Å². The molecule has 2 heterocycles. The lowest BCUT2D eigenvalue weighted by molar-refractivity contribution is -0.147. The van der Waals surface area contributed by atoms with Crippen LogP contribution < -0.4 is 0 Å². The topological polar surface area (TPSA) is 59.5 Å². The molecule has 0 radical (unpaired) electrons. The summed E-state index contributed by atoms with van der Waals surface area (Å²) in [6.45, 7) is 2.60. The van der Waals surface area contributed by atoms with Crippen LogP contribution in [0.5, 0.6) is 0 Å². The Hall–Kier alpha value is -1.62. The van der Waals surface area contributed by atoms with E-state index in [1.54, 1.807) is 13.0 Å². The van der Waals surface area contributed by atoms with E-state index >= 15 is 0 Å². The maximum absolute atomic E-state index is 12.4. The van der Waals surface area contributed by atoms with Gasteiger partial charge in [-0.25, -0.2) is 4.79 Å². The van der Waals surface area contributed by atoms with E-state index in [4.69, 9.17) is 16.3 Å². The van der Waals surface area contributed by atoms with Gasteiger partial charge in [0.05, 0.1) is 17.2 Å². The van der Waals surface area contributed by atoms with Crippen LogP contribution in [0.2, 0.25) is 5.02 Å². The Labute approximate surface area is 116 Å².